The first-order chi connectivity index (χ1) is 8.25. The minimum Gasteiger partial charge on any atom is -0.508 e. The van der Waals surface area contributed by atoms with Crippen molar-refractivity contribution in [1.29, 1.82) is 0 Å². The first-order valence-electron chi connectivity index (χ1n) is 5.26. The van der Waals surface area contributed by atoms with Crippen LogP contribution in [0.1, 0.15) is 10.4 Å². The molecule has 0 spiro atoms. The van der Waals surface area contributed by atoms with Gasteiger partial charge >= 0.3 is 0 Å². The van der Waals surface area contributed by atoms with Gasteiger partial charge in [-0.15, -0.1) is 11.8 Å². The van der Waals surface area contributed by atoms with Crippen LogP contribution in [0, 0.1) is 0 Å². The van der Waals surface area contributed by atoms with Crippen molar-refractivity contribution in [3.8, 4) is 5.75 Å². The molecular weight excluding hydrogens is 232 g/mol. The second-order valence-electron chi connectivity index (χ2n) is 3.58. The molecule has 0 aliphatic rings. The third-order valence-electron chi connectivity index (χ3n) is 2.28. The molecule has 0 aliphatic carbocycles. The summed E-state index contributed by atoms with van der Waals surface area (Å²) < 4.78 is 0. The van der Waals surface area contributed by atoms with Crippen molar-refractivity contribution < 1.29 is 9.90 Å². The predicted octanol–water partition coefficient (Wildman–Crippen LogP) is 3.37. The van der Waals surface area contributed by atoms with Crippen LogP contribution in [0.4, 0.5) is 0 Å². The second kappa shape index (κ2) is 5.55. The Morgan fingerprint density at radius 1 is 1.06 bits per heavy atom. The van der Waals surface area contributed by atoms with Gasteiger partial charge in [-0.25, -0.2) is 0 Å². The van der Waals surface area contributed by atoms with E-state index in [1.54, 1.807) is 18.2 Å². The maximum atomic E-state index is 11.8. The van der Waals surface area contributed by atoms with E-state index in [2.05, 4.69) is 0 Å². The van der Waals surface area contributed by atoms with Crippen LogP contribution >= 0.6 is 11.8 Å². The van der Waals surface area contributed by atoms with Gasteiger partial charge in [0, 0.05) is 10.5 Å². The zero-order chi connectivity index (χ0) is 12.1. The van der Waals surface area contributed by atoms with Crippen LogP contribution in [0.5, 0.6) is 5.75 Å². The van der Waals surface area contributed by atoms with E-state index in [9.17, 15) is 9.90 Å². The monoisotopic (exact) mass is 244 g/mol. The van der Waals surface area contributed by atoms with E-state index >= 15 is 0 Å². The van der Waals surface area contributed by atoms with Crippen molar-refractivity contribution >= 4 is 17.5 Å². The molecule has 17 heavy (non-hydrogen) atoms. The molecule has 0 radical (unpaired) electrons. The molecule has 0 heterocycles. The van der Waals surface area contributed by atoms with Crippen molar-refractivity contribution in [2.24, 2.45) is 0 Å². The van der Waals surface area contributed by atoms with Crippen molar-refractivity contribution in [1.82, 2.24) is 0 Å². The molecule has 0 fully saturated rings. The van der Waals surface area contributed by atoms with Crippen molar-refractivity contribution in [2.75, 3.05) is 5.75 Å². The molecular formula is C14H12O2S. The number of hydrogen-bond donors (Lipinski definition) is 1. The van der Waals surface area contributed by atoms with Gasteiger partial charge in [-0.05, 0) is 18.2 Å². The molecule has 2 rings (SSSR count). The highest BCUT2D eigenvalue weighted by Crippen LogP contribution is 2.22. The minimum atomic E-state index is 0.0962. The summed E-state index contributed by atoms with van der Waals surface area (Å²) in [6, 6.07) is 16.1. The summed E-state index contributed by atoms with van der Waals surface area (Å²) in [5.41, 5.74) is 0.722. The van der Waals surface area contributed by atoms with Gasteiger partial charge in [-0.1, -0.05) is 36.4 Å². The van der Waals surface area contributed by atoms with Gasteiger partial charge in [0.25, 0.3) is 0 Å². The maximum absolute atomic E-state index is 11.8. The van der Waals surface area contributed by atoms with Crippen molar-refractivity contribution in [3.63, 3.8) is 0 Å². The van der Waals surface area contributed by atoms with Gasteiger partial charge in [0.05, 0.1) is 5.75 Å². The fourth-order valence-corrected chi connectivity index (χ4v) is 2.27. The SMILES string of the molecule is O=C(CSc1cccc(O)c1)c1ccccc1. The summed E-state index contributed by atoms with van der Waals surface area (Å²) in [6.07, 6.45) is 0. The number of aromatic hydroxyl groups is 1. The number of hydrogen-bond acceptors (Lipinski definition) is 3. The molecule has 0 unspecified atom stereocenters. The summed E-state index contributed by atoms with van der Waals surface area (Å²) in [5, 5.41) is 9.30. The Kier molecular flexibility index (Phi) is 3.83. The van der Waals surface area contributed by atoms with Gasteiger partial charge in [-0.3, -0.25) is 4.79 Å². The van der Waals surface area contributed by atoms with Crippen molar-refractivity contribution in [3.05, 3.63) is 60.2 Å². The maximum Gasteiger partial charge on any atom is 0.173 e. The number of benzene rings is 2. The molecule has 0 atom stereocenters. The minimum absolute atomic E-state index is 0.0962. The van der Waals surface area contributed by atoms with Gasteiger partial charge in [-0.2, -0.15) is 0 Å². The van der Waals surface area contributed by atoms with Crippen LogP contribution in [-0.4, -0.2) is 16.6 Å². The highest BCUT2D eigenvalue weighted by molar-refractivity contribution is 8.00. The lowest BCUT2D eigenvalue weighted by molar-refractivity contribution is 0.102. The highest BCUT2D eigenvalue weighted by atomic mass is 32.2. The molecule has 3 heteroatoms. The summed E-state index contributed by atoms with van der Waals surface area (Å²) in [4.78, 5) is 12.7. The van der Waals surface area contributed by atoms with E-state index in [1.165, 1.54) is 11.8 Å². The molecule has 1 N–H and O–H groups in total. The number of Topliss-reactive ketones (excluding diaryl/α,β-unsaturated/α-hetero) is 1. The number of carbonyl (C=O) groups excluding carboxylic acids is 1. The van der Waals surface area contributed by atoms with Crippen LogP contribution in [0.3, 0.4) is 0 Å². The van der Waals surface area contributed by atoms with E-state index in [4.69, 9.17) is 0 Å². The molecule has 2 aromatic carbocycles. The first kappa shape index (κ1) is 11.7. The van der Waals surface area contributed by atoms with Crippen LogP contribution in [-0.2, 0) is 0 Å². The standard InChI is InChI=1S/C14H12O2S/c15-12-7-4-8-13(9-12)17-10-14(16)11-5-2-1-3-6-11/h1-9,15H,10H2. The Morgan fingerprint density at radius 2 is 1.82 bits per heavy atom. The van der Waals surface area contributed by atoms with Gasteiger partial charge < -0.3 is 5.11 Å². The Morgan fingerprint density at radius 3 is 2.53 bits per heavy atom. The molecule has 2 aromatic rings. The van der Waals surface area contributed by atoms with E-state index < -0.39 is 0 Å². The van der Waals surface area contributed by atoms with E-state index in [0.29, 0.717) is 5.75 Å². The number of thioether (sulfide) groups is 1. The smallest absolute Gasteiger partial charge is 0.173 e. The first-order valence-corrected chi connectivity index (χ1v) is 6.24. The Balaban J connectivity index is 1.97. The van der Waals surface area contributed by atoms with E-state index in [0.717, 1.165) is 10.5 Å². The topological polar surface area (TPSA) is 37.3 Å². The normalized spacial score (nSPS) is 10.1. The Labute approximate surface area is 104 Å². The molecule has 0 aromatic heterocycles. The zero-order valence-corrected chi connectivity index (χ0v) is 9.98. The largest absolute Gasteiger partial charge is 0.508 e. The highest BCUT2D eigenvalue weighted by Gasteiger charge is 2.05. The molecule has 0 bridgehead atoms. The Hall–Kier alpha value is -1.74. The van der Waals surface area contributed by atoms with Crippen LogP contribution in [0.25, 0.3) is 0 Å². The second-order valence-corrected chi connectivity index (χ2v) is 4.62. The summed E-state index contributed by atoms with van der Waals surface area (Å²) in [7, 11) is 0. The third kappa shape index (κ3) is 3.36. The van der Waals surface area contributed by atoms with Gasteiger partial charge in [0.15, 0.2) is 5.78 Å². The molecule has 2 nitrogen and oxygen atoms in total. The Bertz CT molecular complexity index is 509. The van der Waals surface area contributed by atoms with Gasteiger partial charge in [0.2, 0.25) is 0 Å². The van der Waals surface area contributed by atoms with Crippen LogP contribution in [0.2, 0.25) is 0 Å². The van der Waals surface area contributed by atoms with E-state index in [-0.39, 0.29) is 11.5 Å². The predicted molar refractivity (Wildman–Crippen MR) is 69.6 cm³/mol. The quantitative estimate of drug-likeness (QED) is 0.662. The van der Waals surface area contributed by atoms with Crippen LogP contribution < -0.4 is 0 Å². The molecule has 86 valence electrons. The zero-order valence-electron chi connectivity index (χ0n) is 9.17. The molecule has 0 saturated heterocycles. The summed E-state index contributed by atoms with van der Waals surface area (Å²) >= 11 is 1.43. The fraction of sp³-hybridized carbons (Fsp3) is 0.0714. The molecule has 0 saturated carbocycles. The average Bonchev–Trinajstić information content (AvgIpc) is 2.37. The summed E-state index contributed by atoms with van der Waals surface area (Å²) in [5.74, 6) is 0.703. The third-order valence-corrected chi connectivity index (χ3v) is 3.28. The number of phenolic OH excluding ortho intramolecular Hbond substituents is 1. The van der Waals surface area contributed by atoms with Crippen molar-refractivity contribution in [2.45, 2.75) is 4.90 Å². The molecule has 0 aliphatic heterocycles. The van der Waals surface area contributed by atoms with Crippen LogP contribution in [0.15, 0.2) is 59.5 Å². The number of ketones is 1. The van der Waals surface area contributed by atoms with E-state index in [1.807, 2.05) is 36.4 Å². The summed E-state index contributed by atoms with van der Waals surface area (Å²) in [6.45, 7) is 0. The average molecular weight is 244 g/mol. The number of carbonyl (C=O) groups is 1. The lowest BCUT2D eigenvalue weighted by atomic mass is 10.2. The van der Waals surface area contributed by atoms with Gasteiger partial charge in [0.1, 0.15) is 5.75 Å². The fourth-order valence-electron chi connectivity index (χ4n) is 1.43. The lowest BCUT2D eigenvalue weighted by Crippen LogP contribution is -2.01. The molecule has 0 amide bonds. The lowest BCUT2D eigenvalue weighted by Gasteiger charge is -2.02. The number of rotatable bonds is 4. The number of phenols is 1.